The van der Waals surface area contributed by atoms with Crippen molar-refractivity contribution in [2.75, 3.05) is 13.6 Å². The third-order valence-electron chi connectivity index (χ3n) is 1.95. The first kappa shape index (κ1) is 12.0. The predicted octanol–water partition coefficient (Wildman–Crippen LogP) is 2.39. The van der Waals surface area contributed by atoms with Crippen LogP contribution in [0.3, 0.4) is 0 Å². The molecule has 1 rings (SSSR count). The molecule has 4 heteroatoms. The number of benzene rings is 1. The molecule has 0 bridgehead atoms. The molecule has 0 N–H and O–H groups in total. The lowest BCUT2D eigenvalue weighted by molar-refractivity contribution is 0.336. The second kappa shape index (κ2) is 5.69. The molecule has 0 aliphatic heterocycles. The van der Waals surface area contributed by atoms with E-state index in [1.54, 1.807) is 6.07 Å². The highest BCUT2D eigenvalue weighted by Gasteiger charge is 2.07. The molecule has 0 saturated heterocycles. The molecular formula is C11H12ClFN2. The van der Waals surface area contributed by atoms with E-state index in [0.717, 1.165) is 5.56 Å². The lowest BCUT2D eigenvalue weighted by Crippen LogP contribution is -2.24. The molecule has 0 fully saturated rings. The van der Waals surface area contributed by atoms with Crippen molar-refractivity contribution in [3.63, 3.8) is 0 Å². The van der Waals surface area contributed by atoms with Gasteiger partial charge in [-0.3, -0.25) is 4.90 Å². The van der Waals surface area contributed by atoms with Crippen LogP contribution in [-0.4, -0.2) is 23.9 Å². The molecule has 0 aliphatic carbocycles. The van der Waals surface area contributed by atoms with Gasteiger partial charge in [0.05, 0.1) is 6.07 Å². The largest absolute Gasteiger partial charge is 0.300 e. The van der Waals surface area contributed by atoms with E-state index in [0.29, 0.717) is 13.1 Å². The Labute approximate surface area is 93.9 Å². The monoisotopic (exact) mass is 226 g/mol. The van der Waals surface area contributed by atoms with E-state index in [9.17, 15) is 4.39 Å². The highest BCUT2D eigenvalue weighted by molar-refractivity contribution is 6.22. The van der Waals surface area contributed by atoms with Gasteiger partial charge in [0.25, 0.3) is 0 Å². The predicted molar refractivity (Wildman–Crippen MR) is 58.0 cm³/mol. The lowest BCUT2D eigenvalue weighted by atomic mass is 10.2. The van der Waals surface area contributed by atoms with E-state index >= 15 is 0 Å². The molecule has 2 nitrogen and oxygen atoms in total. The summed E-state index contributed by atoms with van der Waals surface area (Å²) in [7, 11) is 1.84. The van der Waals surface area contributed by atoms with Crippen molar-refractivity contribution in [1.29, 1.82) is 5.26 Å². The van der Waals surface area contributed by atoms with Crippen LogP contribution in [0.25, 0.3) is 0 Å². The number of hydrogen-bond donors (Lipinski definition) is 0. The Morgan fingerprint density at radius 2 is 2.33 bits per heavy atom. The van der Waals surface area contributed by atoms with Crippen LogP contribution in [0, 0.1) is 17.1 Å². The minimum Gasteiger partial charge on any atom is -0.300 e. The SMILES string of the molecule is CN(Cc1cccc(F)c1)CC(Cl)C#N. The maximum atomic E-state index is 12.8. The van der Waals surface area contributed by atoms with E-state index in [1.807, 2.05) is 24.1 Å². The zero-order chi connectivity index (χ0) is 11.3. The summed E-state index contributed by atoms with van der Waals surface area (Å²) in [6.45, 7) is 1.05. The third-order valence-corrected chi connectivity index (χ3v) is 2.19. The molecule has 1 aromatic rings. The van der Waals surface area contributed by atoms with Crippen LogP contribution in [0.5, 0.6) is 0 Å². The van der Waals surface area contributed by atoms with Gasteiger partial charge in [-0.15, -0.1) is 11.6 Å². The summed E-state index contributed by atoms with van der Waals surface area (Å²) in [6, 6.07) is 8.34. The molecule has 0 spiro atoms. The molecule has 1 unspecified atom stereocenters. The van der Waals surface area contributed by atoms with E-state index in [4.69, 9.17) is 16.9 Å². The van der Waals surface area contributed by atoms with Crippen LogP contribution in [0.15, 0.2) is 24.3 Å². The Bertz CT molecular complexity index is 362. The molecule has 0 heterocycles. The second-order valence-electron chi connectivity index (χ2n) is 3.42. The normalized spacial score (nSPS) is 12.5. The van der Waals surface area contributed by atoms with Gasteiger partial charge in [-0.1, -0.05) is 12.1 Å². The fourth-order valence-electron chi connectivity index (χ4n) is 1.33. The van der Waals surface area contributed by atoms with Crippen molar-refractivity contribution in [1.82, 2.24) is 4.90 Å². The van der Waals surface area contributed by atoms with Crippen LogP contribution in [0.1, 0.15) is 5.56 Å². The standard InChI is InChI=1S/C11H12ClFN2/c1-15(8-10(12)6-14)7-9-3-2-4-11(13)5-9/h2-5,10H,7-8H2,1H3. The lowest BCUT2D eigenvalue weighted by Gasteiger charge is -2.16. The van der Waals surface area contributed by atoms with Gasteiger partial charge in [-0.05, 0) is 24.7 Å². The second-order valence-corrected chi connectivity index (χ2v) is 3.95. The van der Waals surface area contributed by atoms with Crippen LogP contribution in [0.4, 0.5) is 4.39 Å². The molecular weight excluding hydrogens is 215 g/mol. The van der Waals surface area contributed by atoms with Gasteiger partial charge in [-0.25, -0.2) is 4.39 Å². The first-order chi connectivity index (χ1) is 7.11. The van der Waals surface area contributed by atoms with E-state index < -0.39 is 5.38 Å². The fourth-order valence-corrected chi connectivity index (χ4v) is 1.56. The molecule has 1 atom stereocenters. The minimum atomic E-state index is -0.524. The number of halogens is 2. The molecule has 0 aliphatic rings. The first-order valence-electron chi connectivity index (χ1n) is 4.58. The summed E-state index contributed by atoms with van der Waals surface area (Å²) in [5.41, 5.74) is 0.874. The van der Waals surface area contributed by atoms with Crippen molar-refractivity contribution in [2.24, 2.45) is 0 Å². The van der Waals surface area contributed by atoms with Crippen LogP contribution < -0.4 is 0 Å². The van der Waals surface area contributed by atoms with Crippen molar-refractivity contribution in [3.05, 3.63) is 35.6 Å². The average molecular weight is 227 g/mol. The summed E-state index contributed by atoms with van der Waals surface area (Å²) < 4.78 is 12.8. The van der Waals surface area contributed by atoms with E-state index in [1.165, 1.54) is 12.1 Å². The Balaban J connectivity index is 2.52. The van der Waals surface area contributed by atoms with Gasteiger partial charge in [0.2, 0.25) is 0 Å². The summed E-state index contributed by atoms with van der Waals surface area (Å²) in [5.74, 6) is -0.247. The number of rotatable bonds is 4. The summed E-state index contributed by atoms with van der Waals surface area (Å²) in [6.07, 6.45) is 0. The summed E-state index contributed by atoms with van der Waals surface area (Å²) in [5, 5.41) is 8.00. The Kier molecular flexibility index (Phi) is 4.54. The van der Waals surface area contributed by atoms with Gasteiger partial charge < -0.3 is 0 Å². The highest BCUT2D eigenvalue weighted by atomic mass is 35.5. The molecule has 0 amide bonds. The van der Waals surface area contributed by atoms with E-state index in [-0.39, 0.29) is 5.82 Å². The molecule has 15 heavy (non-hydrogen) atoms. The Morgan fingerprint density at radius 3 is 2.93 bits per heavy atom. The van der Waals surface area contributed by atoms with Gasteiger partial charge in [0.15, 0.2) is 0 Å². The fraction of sp³-hybridized carbons (Fsp3) is 0.364. The number of nitriles is 1. The van der Waals surface area contributed by atoms with Crippen molar-refractivity contribution in [2.45, 2.75) is 11.9 Å². The first-order valence-corrected chi connectivity index (χ1v) is 5.02. The van der Waals surface area contributed by atoms with Crippen molar-refractivity contribution in [3.8, 4) is 6.07 Å². The zero-order valence-corrected chi connectivity index (χ0v) is 9.21. The number of nitrogens with zero attached hydrogens (tertiary/aromatic N) is 2. The van der Waals surface area contributed by atoms with Gasteiger partial charge in [0, 0.05) is 13.1 Å². The molecule has 1 aromatic carbocycles. The minimum absolute atomic E-state index is 0.247. The molecule has 80 valence electrons. The highest BCUT2D eigenvalue weighted by Crippen LogP contribution is 2.07. The van der Waals surface area contributed by atoms with Crippen LogP contribution in [-0.2, 0) is 6.54 Å². The van der Waals surface area contributed by atoms with Gasteiger partial charge in [0.1, 0.15) is 11.2 Å². The number of hydrogen-bond acceptors (Lipinski definition) is 2. The summed E-state index contributed by atoms with van der Waals surface area (Å²) in [4.78, 5) is 1.88. The maximum absolute atomic E-state index is 12.8. The zero-order valence-electron chi connectivity index (χ0n) is 8.45. The molecule has 0 aromatic heterocycles. The van der Waals surface area contributed by atoms with Gasteiger partial charge in [-0.2, -0.15) is 5.26 Å². The number of alkyl halides is 1. The molecule has 0 radical (unpaired) electrons. The Hall–Kier alpha value is -1.11. The Morgan fingerprint density at radius 1 is 1.60 bits per heavy atom. The van der Waals surface area contributed by atoms with Crippen LogP contribution >= 0.6 is 11.6 Å². The average Bonchev–Trinajstić information content (AvgIpc) is 2.17. The van der Waals surface area contributed by atoms with Crippen molar-refractivity contribution < 1.29 is 4.39 Å². The van der Waals surface area contributed by atoms with E-state index in [2.05, 4.69) is 0 Å². The van der Waals surface area contributed by atoms with Crippen LogP contribution in [0.2, 0.25) is 0 Å². The topological polar surface area (TPSA) is 27.0 Å². The quantitative estimate of drug-likeness (QED) is 0.738. The van der Waals surface area contributed by atoms with Gasteiger partial charge >= 0.3 is 0 Å². The maximum Gasteiger partial charge on any atom is 0.133 e. The summed E-state index contributed by atoms with van der Waals surface area (Å²) >= 11 is 5.68. The van der Waals surface area contributed by atoms with Crippen molar-refractivity contribution >= 4 is 11.6 Å². The molecule has 0 saturated carbocycles. The smallest absolute Gasteiger partial charge is 0.133 e. The third kappa shape index (κ3) is 4.28.